The lowest BCUT2D eigenvalue weighted by atomic mass is 10.1. The maximum atomic E-state index is 14.0. The van der Waals surface area contributed by atoms with Gasteiger partial charge in [0, 0.05) is 22.7 Å². The van der Waals surface area contributed by atoms with Gasteiger partial charge in [0.2, 0.25) is 0 Å². The molecule has 0 radical (unpaired) electrons. The highest BCUT2D eigenvalue weighted by atomic mass is 19.1. The van der Waals surface area contributed by atoms with Crippen LogP contribution in [0, 0.1) is 18.6 Å². The molecule has 7 heteroatoms. The minimum atomic E-state index is -0.902. The van der Waals surface area contributed by atoms with E-state index >= 15 is 0 Å². The van der Waals surface area contributed by atoms with Crippen LogP contribution >= 0.6 is 0 Å². The van der Waals surface area contributed by atoms with Crippen molar-refractivity contribution in [2.24, 2.45) is 0 Å². The molecule has 0 amide bonds. The van der Waals surface area contributed by atoms with Gasteiger partial charge in [0.1, 0.15) is 5.82 Å². The average Bonchev–Trinajstić information content (AvgIpc) is 2.93. The Morgan fingerprint density at radius 1 is 1.17 bits per heavy atom. The predicted octanol–water partition coefficient (Wildman–Crippen LogP) is 4.51. The number of aromatic nitrogens is 1. The summed E-state index contributed by atoms with van der Waals surface area (Å²) in [7, 11) is 0. The monoisotopic (exact) mass is 401 g/mol. The number of unbranched alkanes of at least 4 members (excludes halogenated alkanes) is 1. The Balaban J connectivity index is 2.10. The summed E-state index contributed by atoms with van der Waals surface area (Å²) in [6.07, 6.45) is 1.47. The number of phenols is 1. The van der Waals surface area contributed by atoms with E-state index in [1.54, 1.807) is 6.92 Å². The topological polar surface area (TPSA) is 68.5 Å². The number of aromatic hydroxyl groups is 1. The highest BCUT2D eigenvalue weighted by molar-refractivity contribution is 6.05. The van der Waals surface area contributed by atoms with E-state index in [0.717, 1.165) is 25.0 Å². The highest BCUT2D eigenvalue weighted by Gasteiger charge is 2.23. The molecule has 1 heterocycles. The number of ether oxygens (including phenoxy) is 1. The molecule has 0 aliphatic carbocycles. The van der Waals surface area contributed by atoms with Crippen molar-refractivity contribution < 1.29 is 28.2 Å². The first-order chi connectivity index (χ1) is 13.8. The first-order valence-electron chi connectivity index (χ1n) is 9.31. The molecule has 0 saturated carbocycles. The molecule has 29 heavy (non-hydrogen) atoms. The molecule has 0 aliphatic rings. The summed E-state index contributed by atoms with van der Waals surface area (Å²) in [5, 5.41) is 10.2. The summed E-state index contributed by atoms with van der Waals surface area (Å²) in [5.74, 6) is -3.12. The van der Waals surface area contributed by atoms with Crippen molar-refractivity contribution in [3.8, 4) is 5.75 Å². The lowest BCUT2D eigenvalue weighted by Gasteiger charge is -2.08. The molecule has 0 spiro atoms. The molecular formula is C22H21F2NO4. The minimum absolute atomic E-state index is 0.0792. The van der Waals surface area contributed by atoms with Gasteiger partial charge in [-0.2, -0.15) is 0 Å². The van der Waals surface area contributed by atoms with Crippen LogP contribution in [0.1, 0.15) is 41.4 Å². The van der Waals surface area contributed by atoms with E-state index in [0.29, 0.717) is 16.6 Å². The van der Waals surface area contributed by atoms with E-state index in [4.69, 9.17) is 4.74 Å². The number of phenolic OH excluding ortho intramolecular Hbond substituents is 1. The molecule has 3 aromatic rings. The van der Waals surface area contributed by atoms with Gasteiger partial charge in [-0.3, -0.25) is 14.2 Å². The number of nitrogens with zero attached hydrogens (tertiary/aromatic N) is 1. The quantitative estimate of drug-likeness (QED) is 0.488. The van der Waals surface area contributed by atoms with Crippen molar-refractivity contribution in [3.05, 3.63) is 64.9 Å². The third kappa shape index (κ3) is 4.13. The first kappa shape index (κ1) is 20.5. The fourth-order valence-electron chi connectivity index (χ4n) is 3.25. The van der Waals surface area contributed by atoms with Gasteiger partial charge in [-0.15, -0.1) is 0 Å². The normalized spacial score (nSPS) is 11.0. The third-order valence-corrected chi connectivity index (χ3v) is 4.76. The number of rotatable bonds is 6. The zero-order chi connectivity index (χ0) is 21.1. The molecule has 1 N–H and O–H groups in total. The zero-order valence-corrected chi connectivity index (χ0v) is 16.2. The first-order valence-corrected chi connectivity index (χ1v) is 9.31. The van der Waals surface area contributed by atoms with Crippen LogP contribution in [-0.2, 0) is 16.0 Å². The fraction of sp³-hybridized carbons (Fsp3) is 0.273. The summed E-state index contributed by atoms with van der Waals surface area (Å²) in [4.78, 5) is 25.3. The van der Waals surface area contributed by atoms with Crippen LogP contribution in [0.15, 0.2) is 36.4 Å². The number of benzene rings is 2. The smallest absolute Gasteiger partial charge is 0.310 e. The van der Waals surface area contributed by atoms with Gasteiger partial charge in [0.15, 0.2) is 11.6 Å². The largest absolute Gasteiger partial charge is 0.505 e. The number of hydrogen-bond donors (Lipinski definition) is 1. The zero-order valence-electron chi connectivity index (χ0n) is 16.2. The molecule has 0 unspecified atom stereocenters. The van der Waals surface area contributed by atoms with E-state index in [9.17, 15) is 23.5 Å². The Hall–Kier alpha value is -3.22. The third-order valence-electron chi connectivity index (χ3n) is 4.76. The Morgan fingerprint density at radius 3 is 2.62 bits per heavy atom. The number of halogens is 2. The Morgan fingerprint density at radius 2 is 1.93 bits per heavy atom. The molecule has 2 aromatic carbocycles. The lowest BCUT2D eigenvalue weighted by Crippen LogP contribution is -2.15. The van der Waals surface area contributed by atoms with E-state index in [1.807, 2.05) is 6.92 Å². The maximum absolute atomic E-state index is 14.0. The van der Waals surface area contributed by atoms with Crippen LogP contribution in [-0.4, -0.2) is 28.2 Å². The van der Waals surface area contributed by atoms with Crippen molar-refractivity contribution in [1.82, 2.24) is 4.57 Å². The second-order valence-electron chi connectivity index (χ2n) is 6.79. The van der Waals surface area contributed by atoms with Crippen molar-refractivity contribution in [2.75, 3.05) is 6.61 Å². The van der Waals surface area contributed by atoms with Gasteiger partial charge in [0.05, 0.1) is 18.5 Å². The Labute approximate surface area is 166 Å². The molecule has 0 fully saturated rings. The fourth-order valence-corrected chi connectivity index (χ4v) is 3.25. The van der Waals surface area contributed by atoms with Crippen LogP contribution in [0.25, 0.3) is 10.9 Å². The van der Waals surface area contributed by atoms with Crippen molar-refractivity contribution in [2.45, 2.75) is 33.1 Å². The summed E-state index contributed by atoms with van der Waals surface area (Å²) in [6, 6.07) is 7.37. The minimum Gasteiger partial charge on any atom is -0.505 e. The Kier molecular flexibility index (Phi) is 5.96. The lowest BCUT2D eigenvalue weighted by molar-refractivity contribution is -0.142. The molecular weight excluding hydrogens is 380 g/mol. The molecule has 0 aliphatic heterocycles. The van der Waals surface area contributed by atoms with Crippen LogP contribution in [0.3, 0.4) is 0 Å². The van der Waals surface area contributed by atoms with E-state index in [2.05, 4.69) is 0 Å². The molecule has 5 nitrogen and oxygen atoms in total. The van der Waals surface area contributed by atoms with Gasteiger partial charge in [-0.05, 0) is 43.2 Å². The van der Waals surface area contributed by atoms with Crippen LogP contribution in [0.2, 0.25) is 0 Å². The summed E-state index contributed by atoms with van der Waals surface area (Å²) in [5.41, 5.74) is 1.10. The number of hydrogen-bond acceptors (Lipinski definition) is 4. The van der Waals surface area contributed by atoms with Crippen molar-refractivity contribution in [3.63, 3.8) is 0 Å². The molecule has 0 bridgehead atoms. The standard InChI is InChI=1S/C22H21F2NO4/c1-3-4-8-29-21(27)11-16-13(2)25(19-12-18(24)20(26)10-17(16)19)22(28)14-6-5-7-15(23)9-14/h5-7,9-10,12,26H,3-4,8,11H2,1-2H3. The maximum Gasteiger partial charge on any atom is 0.310 e. The van der Waals surface area contributed by atoms with Crippen molar-refractivity contribution >= 4 is 22.8 Å². The number of carbonyl (C=O) groups is 2. The number of fused-ring (bicyclic) bond motifs is 1. The molecule has 1 aromatic heterocycles. The van der Waals surface area contributed by atoms with Gasteiger partial charge in [-0.25, -0.2) is 8.78 Å². The van der Waals surface area contributed by atoms with Gasteiger partial charge < -0.3 is 9.84 Å². The summed E-state index contributed by atoms with van der Waals surface area (Å²) in [6.45, 7) is 3.87. The SMILES string of the molecule is CCCCOC(=O)Cc1c(C)n(C(=O)c2cccc(F)c2)c2cc(F)c(O)cc12. The summed E-state index contributed by atoms with van der Waals surface area (Å²) >= 11 is 0. The average molecular weight is 401 g/mol. The molecule has 0 atom stereocenters. The number of esters is 1. The van der Waals surface area contributed by atoms with E-state index < -0.39 is 29.3 Å². The van der Waals surface area contributed by atoms with E-state index in [-0.39, 0.29) is 24.1 Å². The number of carbonyl (C=O) groups excluding carboxylic acids is 2. The Bertz CT molecular complexity index is 1090. The second kappa shape index (κ2) is 8.43. The van der Waals surface area contributed by atoms with Crippen LogP contribution in [0.4, 0.5) is 8.78 Å². The van der Waals surface area contributed by atoms with Crippen LogP contribution in [0.5, 0.6) is 5.75 Å². The van der Waals surface area contributed by atoms with Crippen molar-refractivity contribution in [1.29, 1.82) is 0 Å². The predicted molar refractivity (Wildman–Crippen MR) is 104 cm³/mol. The molecule has 3 rings (SSSR count). The molecule has 152 valence electrons. The highest BCUT2D eigenvalue weighted by Crippen LogP contribution is 2.32. The van der Waals surface area contributed by atoms with Crippen LogP contribution < -0.4 is 0 Å². The van der Waals surface area contributed by atoms with Gasteiger partial charge in [0.25, 0.3) is 5.91 Å². The van der Waals surface area contributed by atoms with Gasteiger partial charge >= 0.3 is 5.97 Å². The second-order valence-corrected chi connectivity index (χ2v) is 6.79. The van der Waals surface area contributed by atoms with Gasteiger partial charge in [-0.1, -0.05) is 19.4 Å². The summed E-state index contributed by atoms with van der Waals surface area (Å²) < 4.78 is 34.0. The van der Waals surface area contributed by atoms with E-state index in [1.165, 1.54) is 28.8 Å². The molecule has 0 saturated heterocycles.